The fraction of sp³-hybridized carbons (Fsp3) is 0.650. The van der Waals surface area contributed by atoms with E-state index in [2.05, 4.69) is 34.9 Å². The van der Waals surface area contributed by atoms with Gasteiger partial charge in [0.15, 0.2) is 0 Å². The van der Waals surface area contributed by atoms with Gasteiger partial charge in [-0.15, -0.1) is 0 Å². The van der Waals surface area contributed by atoms with Crippen molar-refractivity contribution in [3.8, 4) is 0 Å². The van der Waals surface area contributed by atoms with Gasteiger partial charge < -0.3 is 10.6 Å². The zero-order valence-corrected chi connectivity index (χ0v) is 13.6. The van der Waals surface area contributed by atoms with Crippen LogP contribution in [0.2, 0.25) is 0 Å². The highest BCUT2D eigenvalue weighted by molar-refractivity contribution is 5.75. The minimum atomic E-state index is 0.0594. The summed E-state index contributed by atoms with van der Waals surface area (Å²) in [5.41, 5.74) is 2.71. The van der Waals surface area contributed by atoms with Crippen LogP contribution in [-0.4, -0.2) is 12.1 Å². The van der Waals surface area contributed by atoms with Crippen LogP contribution in [-0.2, 0) is 6.42 Å². The molecule has 5 aliphatic rings. The first-order valence-corrected chi connectivity index (χ1v) is 9.41. The van der Waals surface area contributed by atoms with E-state index in [4.69, 9.17) is 0 Å². The van der Waals surface area contributed by atoms with Gasteiger partial charge in [0, 0.05) is 6.04 Å². The van der Waals surface area contributed by atoms with Crippen LogP contribution >= 0.6 is 0 Å². The van der Waals surface area contributed by atoms with Crippen molar-refractivity contribution in [1.82, 2.24) is 10.6 Å². The van der Waals surface area contributed by atoms with E-state index in [9.17, 15) is 4.79 Å². The molecule has 2 amide bonds. The molecule has 122 valence electrons. The summed E-state index contributed by atoms with van der Waals surface area (Å²) in [6.45, 7) is 0. The van der Waals surface area contributed by atoms with Gasteiger partial charge in [-0.3, -0.25) is 0 Å². The number of nitrogens with one attached hydrogen (secondary N) is 2. The van der Waals surface area contributed by atoms with Gasteiger partial charge in [0.25, 0.3) is 0 Å². The summed E-state index contributed by atoms with van der Waals surface area (Å²) in [5.74, 6) is 3.40. The van der Waals surface area contributed by atoms with E-state index in [-0.39, 0.29) is 12.1 Å². The number of carbonyl (C=O) groups is 1. The minimum Gasteiger partial charge on any atom is -0.335 e. The van der Waals surface area contributed by atoms with Crippen LogP contribution in [0.5, 0.6) is 0 Å². The SMILES string of the molecule is O=C(NC1C2CC3CC(C2)CC1C3)N[C@H]1CCc2ccccc21. The average Bonchev–Trinajstić information content (AvgIpc) is 2.93. The average molecular weight is 310 g/mol. The number of benzene rings is 1. The van der Waals surface area contributed by atoms with Crippen molar-refractivity contribution in [2.45, 2.75) is 57.0 Å². The Hall–Kier alpha value is -1.51. The topological polar surface area (TPSA) is 41.1 Å². The van der Waals surface area contributed by atoms with Crippen LogP contribution in [0.1, 0.15) is 55.7 Å². The van der Waals surface area contributed by atoms with E-state index < -0.39 is 0 Å². The van der Waals surface area contributed by atoms with Crippen LogP contribution < -0.4 is 10.6 Å². The van der Waals surface area contributed by atoms with Crippen molar-refractivity contribution >= 4 is 6.03 Å². The van der Waals surface area contributed by atoms with Crippen LogP contribution in [0.25, 0.3) is 0 Å². The predicted octanol–water partition coefficient (Wildman–Crippen LogP) is 3.80. The largest absolute Gasteiger partial charge is 0.335 e. The van der Waals surface area contributed by atoms with Gasteiger partial charge in [-0.05, 0) is 79.7 Å². The zero-order chi connectivity index (χ0) is 15.4. The molecule has 0 aliphatic heterocycles. The molecule has 3 heteroatoms. The molecule has 0 saturated heterocycles. The van der Waals surface area contributed by atoms with Gasteiger partial charge in [0.2, 0.25) is 0 Å². The quantitative estimate of drug-likeness (QED) is 0.857. The Morgan fingerprint density at radius 1 is 0.913 bits per heavy atom. The van der Waals surface area contributed by atoms with E-state index in [1.165, 1.54) is 43.2 Å². The number of aryl methyl sites for hydroxylation is 1. The molecule has 5 aliphatic carbocycles. The van der Waals surface area contributed by atoms with Crippen molar-refractivity contribution in [3.05, 3.63) is 35.4 Å². The summed E-state index contributed by atoms with van der Waals surface area (Å²) in [7, 11) is 0. The van der Waals surface area contributed by atoms with Gasteiger partial charge >= 0.3 is 6.03 Å². The third-order valence-corrected chi connectivity index (χ3v) is 6.96. The third-order valence-electron chi connectivity index (χ3n) is 6.96. The highest BCUT2D eigenvalue weighted by atomic mass is 16.2. The Bertz CT molecular complexity index is 598. The van der Waals surface area contributed by atoms with Crippen LogP contribution in [0.15, 0.2) is 24.3 Å². The molecule has 3 nitrogen and oxygen atoms in total. The van der Waals surface area contributed by atoms with Gasteiger partial charge in [0.05, 0.1) is 6.04 Å². The molecule has 4 bridgehead atoms. The first kappa shape index (κ1) is 13.9. The molecule has 23 heavy (non-hydrogen) atoms. The molecule has 1 atom stereocenters. The third kappa shape index (κ3) is 2.36. The number of urea groups is 1. The maximum absolute atomic E-state index is 12.6. The van der Waals surface area contributed by atoms with E-state index in [1.54, 1.807) is 0 Å². The lowest BCUT2D eigenvalue weighted by Crippen LogP contribution is -2.57. The fourth-order valence-corrected chi connectivity index (χ4v) is 6.22. The van der Waals surface area contributed by atoms with E-state index in [0.717, 1.165) is 36.5 Å². The summed E-state index contributed by atoms with van der Waals surface area (Å²) in [5, 5.41) is 6.61. The molecular weight excluding hydrogens is 284 g/mol. The second kappa shape index (κ2) is 5.25. The Morgan fingerprint density at radius 3 is 2.35 bits per heavy atom. The van der Waals surface area contributed by atoms with E-state index >= 15 is 0 Å². The molecule has 6 rings (SSSR count). The highest BCUT2D eigenvalue weighted by Crippen LogP contribution is 2.53. The number of fused-ring (bicyclic) bond motifs is 1. The second-order valence-corrected chi connectivity index (χ2v) is 8.36. The van der Waals surface area contributed by atoms with Gasteiger partial charge in [0.1, 0.15) is 0 Å². The van der Waals surface area contributed by atoms with Crippen LogP contribution in [0.3, 0.4) is 0 Å². The van der Waals surface area contributed by atoms with Crippen molar-refractivity contribution in [2.75, 3.05) is 0 Å². The minimum absolute atomic E-state index is 0.0594. The fourth-order valence-electron chi connectivity index (χ4n) is 6.22. The maximum atomic E-state index is 12.6. The van der Waals surface area contributed by atoms with Crippen molar-refractivity contribution < 1.29 is 4.79 Å². The maximum Gasteiger partial charge on any atom is 0.315 e. The Labute approximate surface area is 138 Å². The smallest absolute Gasteiger partial charge is 0.315 e. The lowest BCUT2D eigenvalue weighted by atomic mass is 9.54. The monoisotopic (exact) mass is 310 g/mol. The lowest BCUT2D eigenvalue weighted by molar-refractivity contribution is -0.00952. The predicted molar refractivity (Wildman–Crippen MR) is 90.0 cm³/mol. The van der Waals surface area contributed by atoms with Gasteiger partial charge in [-0.1, -0.05) is 24.3 Å². The molecule has 0 heterocycles. The van der Waals surface area contributed by atoms with Crippen LogP contribution in [0, 0.1) is 23.7 Å². The standard InChI is InChI=1S/C20H26N2O/c23-20(21-18-6-5-14-3-1-2-4-17(14)18)22-19-15-8-12-7-13(10-15)11-16(19)9-12/h1-4,12-13,15-16,18-19H,5-11H2,(H2,21,22,23)/t12?,13?,15?,16?,18-,19?/m0/s1. The van der Waals surface area contributed by atoms with Gasteiger partial charge in [-0.2, -0.15) is 0 Å². The first-order chi connectivity index (χ1) is 11.3. The number of carbonyl (C=O) groups excluding carboxylic acids is 1. The summed E-state index contributed by atoms with van der Waals surface area (Å²) < 4.78 is 0. The molecule has 1 aromatic carbocycles. The summed E-state index contributed by atoms with van der Waals surface area (Å²) in [6, 6.07) is 9.21. The Balaban J connectivity index is 1.25. The number of amides is 2. The molecule has 4 saturated carbocycles. The molecule has 1 aromatic rings. The molecule has 4 fully saturated rings. The first-order valence-electron chi connectivity index (χ1n) is 9.41. The molecule has 0 spiro atoms. The number of hydrogen-bond acceptors (Lipinski definition) is 1. The molecule has 0 radical (unpaired) electrons. The highest BCUT2D eigenvalue weighted by Gasteiger charge is 2.48. The van der Waals surface area contributed by atoms with Crippen molar-refractivity contribution in [2.24, 2.45) is 23.7 Å². The normalized spacial score (nSPS) is 40.0. The number of hydrogen-bond donors (Lipinski definition) is 2. The van der Waals surface area contributed by atoms with Crippen molar-refractivity contribution in [1.29, 1.82) is 0 Å². The van der Waals surface area contributed by atoms with E-state index in [1.807, 2.05) is 0 Å². The molecule has 2 N–H and O–H groups in total. The van der Waals surface area contributed by atoms with Crippen LogP contribution in [0.4, 0.5) is 4.79 Å². The second-order valence-electron chi connectivity index (χ2n) is 8.36. The molecule has 0 aromatic heterocycles. The summed E-state index contributed by atoms with van der Waals surface area (Å²) in [6.07, 6.45) is 8.99. The lowest BCUT2D eigenvalue weighted by Gasteiger charge is -2.54. The molecule has 0 unspecified atom stereocenters. The van der Waals surface area contributed by atoms with E-state index in [0.29, 0.717) is 6.04 Å². The number of rotatable bonds is 2. The Morgan fingerprint density at radius 2 is 1.61 bits per heavy atom. The van der Waals surface area contributed by atoms with Crippen molar-refractivity contribution in [3.63, 3.8) is 0 Å². The molecular formula is C20H26N2O. The van der Waals surface area contributed by atoms with Gasteiger partial charge in [-0.25, -0.2) is 4.79 Å². The summed E-state index contributed by atoms with van der Waals surface area (Å²) in [4.78, 5) is 12.6. The zero-order valence-electron chi connectivity index (χ0n) is 13.6. The Kier molecular flexibility index (Phi) is 3.17. The summed E-state index contributed by atoms with van der Waals surface area (Å²) >= 11 is 0.